The topological polar surface area (TPSA) is 95.9 Å². The van der Waals surface area contributed by atoms with Crippen LogP contribution in [0.1, 0.15) is 46.5 Å². The highest BCUT2D eigenvalue weighted by atomic mass is 16.5. The number of nitrogens with two attached hydrogens (primary N) is 1. The van der Waals surface area contributed by atoms with E-state index in [0.29, 0.717) is 6.61 Å². The fraction of sp³-hybridized carbons (Fsp3) is 1.00. The van der Waals surface area contributed by atoms with E-state index in [1.54, 1.807) is 0 Å². The van der Waals surface area contributed by atoms with Crippen molar-refractivity contribution < 1.29 is 20.1 Å². The second-order valence-corrected chi connectivity index (χ2v) is 5.23. The third-order valence-corrected chi connectivity index (χ3v) is 3.68. The zero-order valence-electron chi connectivity index (χ0n) is 13.0. The fourth-order valence-electron chi connectivity index (χ4n) is 1.87. The van der Waals surface area contributed by atoms with E-state index in [9.17, 15) is 0 Å². The van der Waals surface area contributed by atoms with E-state index < -0.39 is 5.54 Å². The molecule has 118 valence electrons. The van der Waals surface area contributed by atoms with E-state index in [0.717, 1.165) is 19.3 Å². The molecule has 0 aliphatic rings. The van der Waals surface area contributed by atoms with E-state index >= 15 is 0 Å². The molecule has 5 heteroatoms. The van der Waals surface area contributed by atoms with Gasteiger partial charge in [-0.05, 0) is 24.7 Å². The van der Waals surface area contributed by atoms with Gasteiger partial charge < -0.3 is 25.8 Å². The van der Waals surface area contributed by atoms with Crippen LogP contribution in [0.5, 0.6) is 0 Å². The van der Waals surface area contributed by atoms with Crippen molar-refractivity contribution in [2.45, 2.75) is 52.0 Å². The zero-order chi connectivity index (χ0) is 15.4. The first-order valence-electron chi connectivity index (χ1n) is 7.03. The summed E-state index contributed by atoms with van der Waals surface area (Å²) in [4.78, 5) is 0. The lowest BCUT2D eigenvalue weighted by Gasteiger charge is -2.28. The van der Waals surface area contributed by atoms with Gasteiger partial charge in [0.15, 0.2) is 0 Å². The lowest BCUT2D eigenvalue weighted by Crippen LogP contribution is -2.51. The fourth-order valence-corrected chi connectivity index (χ4v) is 1.87. The molecule has 0 aromatic heterocycles. The van der Waals surface area contributed by atoms with Crippen molar-refractivity contribution in [3.05, 3.63) is 0 Å². The van der Waals surface area contributed by atoms with Crippen molar-refractivity contribution in [2.24, 2.45) is 11.1 Å². The molecule has 19 heavy (non-hydrogen) atoms. The minimum Gasteiger partial charge on any atom is -0.396 e. The van der Waals surface area contributed by atoms with E-state index in [4.69, 9.17) is 21.1 Å². The minimum absolute atomic E-state index is 0.167. The summed E-state index contributed by atoms with van der Waals surface area (Å²) in [6.07, 6.45) is 4.56. The molecule has 0 radical (unpaired) electrons. The molecular weight excluding hydrogens is 246 g/mol. The molecule has 0 rings (SSSR count). The Labute approximate surface area is 117 Å². The summed E-state index contributed by atoms with van der Waals surface area (Å²) in [6.45, 7) is 6.49. The lowest BCUT2D eigenvalue weighted by molar-refractivity contribution is 0.0473. The third-order valence-electron chi connectivity index (χ3n) is 3.68. The maximum absolute atomic E-state index is 9.11. The molecule has 0 amide bonds. The first kappa shape index (κ1) is 21.1. The van der Waals surface area contributed by atoms with Crippen molar-refractivity contribution in [1.82, 2.24) is 0 Å². The van der Waals surface area contributed by atoms with E-state index in [2.05, 4.69) is 25.5 Å². The SMILES string of the molecule is CCCC(CC)(CC)CO.COCC(N)(CO)CO. The maximum atomic E-state index is 9.11. The van der Waals surface area contributed by atoms with Gasteiger partial charge in [-0.15, -0.1) is 0 Å². The molecule has 0 aromatic rings. The monoisotopic (exact) mass is 279 g/mol. The van der Waals surface area contributed by atoms with Crippen LogP contribution in [0.15, 0.2) is 0 Å². The van der Waals surface area contributed by atoms with Crippen molar-refractivity contribution in [1.29, 1.82) is 0 Å². The van der Waals surface area contributed by atoms with Crippen LogP contribution >= 0.6 is 0 Å². The molecule has 0 atom stereocenters. The van der Waals surface area contributed by atoms with Gasteiger partial charge in [-0.25, -0.2) is 0 Å². The Balaban J connectivity index is 0. The van der Waals surface area contributed by atoms with Crippen LogP contribution in [-0.4, -0.2) is 54.4 Å². The summed E-state index contributed by atoms with van der Waals surface area (Å²) in [7, 11) is 1.47. The van der Waals surface area contributed by atoms with E-state index in [1.165, 1.54) is 13.5 Å². The molecule has 0 spiro atoms. The van der Waals surface area contributed by atoms with Gasteiger partial charge in [-0.3, -0.25) is 0 Å². The van der Waals surface area contributed by atoms with Crippen molar-refractivity contribution in [3.8, 4) is 0 Å². The number of methoxy groups -OCH3 is 1. The van der Waals surface area contributed by atoms with Crippen LogP contribution in [0, 0.1) is 5.41 Å². The van der Waals surface area contributed by atoms with E-state index in [-0.39, 0.29) is 25.2 Å². The summed E-state index contributed by atoms with van der Waals surface area (Å²) < 4.78 is 4.64. The third kappa shape index (κ3) is 8.55. The lowest BCUT2D eigenvalue weighted by atomic mass is 9.79. The van der Waals surface area contributed by atoms with Crippen molar-refractivity contribution in [3.63, 3.8) is 0 Å². The largest absolute Gasteiger partial charge is 0.396 e. The molecule has 0 bridgehead atoms. The number of hydrogen-bond donors (Lipinski definition) is 4. The standard InChI is InChI=1S/C9H20O.C5H13NO3/c1-4-7-9(5-2,6-3)8-10;1-9-4-5(6,2-7)3-8/h10H,4-8H2,1-3H3;7-8H,2-4,6H2,1H3. The smallest absolute Gasteiger partial charge is 0.0859 e. The molecule has 5 N–H and O–H groups in total. The highest BCUT2D eigenvalue weighted by Crippen LogP contribution is 2.30. The van der Waals surface area contributed by atoms with Gasteiger partial charge in [0.05, 0.1) is 25.4 Å². The summed E-state index contributed by atoms with van der Waals surface area (Å²) in [5.41, 5.74) is 4.64. The Morgan fingerprint density at radius 1 is 0.947 bits per heavy atom. The average Bonchev–Trinajstić information content (AvgIpc) is 2.46. The molecule has 0 unspecified atom stereocenters. The normalized spacial score (nSPS) is 12.0. The van der Waals surface area contributed by atoms with Gasteiger partial charge in [0.1, 0.15) is 0 Å². The first-order chi connectivity index (χ1) is 8.92. The molecule has 0 fully saturated rings. The second-order valence-electron chi connectivity index (χ2n) is 5.23. The van der Waals surface area contributed by atoms with Crippen molar-refractivity contribution in [2.75, 3.05) is 33.5 Å². The second kappa shape index (κ2) is 11.6. The summed E-state index contributed by atoms with van der Waals surface area (Å²) >= 11 is 0. The number of aliphatic hydroxyl groups is 3. The van der Waals surface area contributed by atoms with Crippen LogP contribution in [0.3, 0.4) is 0 Å². The van der Waals surface area contributed by atoms with Crippen LogP contribution in [-0.2, 0) is 4.74 Å². The molecular formula is C14H33NO4. The summed E-state index contributed by atoms with van der Waals surface area (Å²) in [5, 5.41) is 26.2. The number of hydrogen-bond acceptors (Lipinski definition) is 5. The van der Waals surface area contributed by atoms with Crippen LogP contribution in [0.4, 0.5) is 0 Å². The molecule has 0 saturated heterocycles. The Bertz CT molecular complexity index is 184. The maximum Gasteiger partial charge on any atom is 0.0859 e. The molecule has 5 nitrogen and oxygen atoms in total. The number of aliphatic hydroxyl groups excluding tert-OH is 3. The van der Waals surface area contributed by atoms with Crippen LogP contribution in [0.25, 0.3) is 0 Å². The summed E-state index contributed by atoms with van der Waals surface area (Å²) in [5.74, 6) is 0. The first-order valence-corrected chi connectivity index (χ1v) is 7.03. The highest BCUT2D eigenvalue weighted by Gasteiger charge is 2.23. The van der Waals surface area contributed by atoms with Gasteiger partial charge in [0.25, 0.3) is 0 Å². The highest BCUT2D eigenvalue weighted by molar-refractivity contribution is 4.81. The summed E-state index contributed by atoms with van der Waals surface area (Å²) in [6, 6.07) is 0. The van der Waals surface area contributed by atoms with Gasteiger partial charge in [0.2, 0.25) is 0 Å². The minimum atomic E-state index is -0.977. The van der Waals surface area contributed by atoms with Gasteiger partial charge in [-0.2, -0.15) is 0 Å². The predicted octanol–water partition coefficient (Wildman–Crippen LogP) is 0.900. The zero-order valence-corrected chi connectivity index (χ0v) is 13.0. The molecule has 0 aromatic carbocycles. The average molecular weight is 279 g/mol. The quantitative estimate of drug-likeness (QED) is 0.503. The van der Waals surface area contributed by atoms with Crippen molar-refractivity contribution >= 4 is 0 Å². The Kier molecular flexibility index (Phi) is 12.9. The number of rotatable bonds is 9. The van der Waals surface area contributed by atoms with Gasteiger partial charge >= 0.3 is 0 Å². The molecule has 0 aliphatic carbocycles. The van der Waals surface area contributed by atoms with Crippen LogP contribution < -0.4 is 5.73 Å². The van der Waals surface area contributed by atoms with Gasteiger partial charge in [-0.1, -0.05) is 27.2 Å². The number of ether oxygens (including phenoxy) is 1. The van der Waals surface area contributed by atoms with Gasteiger partial charge in [0, 0.05) is 13.7 Å². The molecule has 0 aliphatic heterocycles. The Hall–Kier alpha value is -0.200. The molecule has 0 saturated carbocycles. The van der Waals surface area contributed by atoms with Crippen LogP contribution in [0.2, 0.25) is 0 Å². The molecule has 0 heterocycles. The van der Waals surface area contributed by atoms with E-state index in [1.807, 2.05) is 0 Å². The predicted molar refractivity (Wildman–Crippen MR) is 78.0 cm³/mol. The Morgan fingerprint density at radius 3 is 1.53 bits per heavy atom. The Morgan fingerprint density at radius 2 is 1.42 bits per heavy atom.